The van der Waals surface area contributed by atoms with Crippen molar-refractivity contribution in [1.82, 2.24) is 0 Å². The van der Waals surface area contributed by atoms with Crippen molar-refractivity contribution < 1.29 is 15.3 Å². The number of aliphatic hydroxyl groups is 3. The standard InChI is InChI=1S/C27H40O3/c1-17(6-13-25(29)20-8-9-20)23-11-12-24-19(5-4-14-27(23,24)3)7-10-21-15-22(28)16-26(30)18(21)2/h6-7,10,13,17,20,22-26,28-30H,2,4-5,8-9,11-12,14-16H2,1,3H3/b13-6-,19-7-,21-10-/t17-,22-,23-,24+,25-,26+,27-/m1/s1. The van der Waals surface area contributed by atoms with Crippen molar-refractivity contribution in [3.8, 4) is 0 Å². The van der Waals surface area contributed by atoms with Gasteiger partial charge in [-0.25, -0.2) is 0 Å². The number of allylic oxidation sites excluding steroid dienone is 4. The van der Waals surface area contributed by atoms with Crippen LogP contribution in [0.5, 0.6) is 0 Å². The lowest BCUT2D eigenvalue weighted by molar-refractivity contribution is 0.0862. The summed E-state index contributed by atoms with van der Waals surface area (Å²) in [5, 5.41) is 30.4. The molecule has 0 saturated heterocycles. The van der Waals surface area contributed by atoms with Gasteiger partial charge in [-0.1, -0.05) is 50.3 Å². The van der Waals surface area contributed by atoms with Gasteiger partial charge in [-0.2, -0.15) is 0 Å². The smallest absolute Gasteiger partial charge is 0.0811 e. The third-order valence-electron chi connectivity index (χ3n) is 8.65. The minimum atomic E-state index is -0.621. The van der Waals surface area contributed by atoms with Crippen LogP contribution in [-0.4, -0.2) is 33.6 Å². The molecule has 3 N–H and O–H groups in total. The second-order valence-electron chi connectivity index (χ2n) is 10.7. The van der Waals surface area contributed by atoms with E-state index in [2.05, 4.69) is 44.7 Å². The van der Waals surface area contributed by atoms with E-state index in [4.69, 9.17) is 0 Å². The van der Waals surface area contributed by atoms with Crippen LogP contribution in [0.4, 0.5) is 0 Å². The molecule has 0 spiro atoms. The van der Waals surface area contributed by atoms with Gasteiger partial charge in [0.15, 0.2) is 0 Å². The zero-order valence-electron chi connectivity index (χ0n) is 18.8. The summed E-state index contributed by atoms with van der Waals surface area (Å²) in [4.78, 5) is 0. The van der Waals surface area contributed by atoms with Gasteiger partial charge in [-0.15, -0.1) is 0 Å². The van der Waals surface area contributed by atoms with E-state index in [0.717, 1.165) is 17.6 Å². The summed E-state index contributed by atoms with van der Waals surface area (Å²) in [5.41, 5.74) is 3.63. The molecule has 4 aliphatic carbocycles. The average Bonchev–Trinajstić information content (AvgIpc) is 3.49. The first kappa shape index (κ1) is 22.0. The molecule has 3 nitrogen and oxygen atoms in total. The molecule has 7 atom stereocenters. The first-order chi connectivity index (χ1) is 14.3. The first-order valence-corrected chi connectivity index (χ1v) is 12.1. The molecular formula is C27H40O3. The summed E-state index contributed by atoms with van der Waals surface area (Å²) in [6.07, 6.45) is 16.9. The Balaban J connectivity index is 1.48. The number of fused-ring (bicyclic) bond motifs is 1. The van der Waals surface area contributed by atoms with Gasteiger partial charge in [0.1, 0.15) is 0 Å². The van der Waals surface area contributed by atoms with Crippen molar-refractivity contribution in [3.63, 3.8) is 0 Å². The van der Waals surface area contributed by atoms with Gasteiger partial charge in [-0.3, -0.25) is 0 Å². The third kappa shape index (κ3) is 4.40. The van der Waals surface area contributed by atoms with Gasteiger partial charge < -0.3 is 15.3 Å². The van der Waals surface area contributed by atoms with Crippen molar-refractivity contribution in [3.05, 3.63) is 47.6 Å². The zero-order valence-corrected chi connectivity index (χ0v) is 18.8. The number of aliphatic hydroxyl groups excluding tert-OH is 3. The molecule has 4 rings (SSSR count). The molecule has 4 saturated carbocycles. The first-order valence-electron chi connectivity index (χ1n) is 12.1. The van der Waals surface area contributed by atoms with Crippen molar-refractivity contribution in [2.24, 2.45) is 29.1 Å². The summed E-state index contributed by atoms with van der Waals surface area (Å²) in [7, 11) is 0. The highest BCUT2D eigenvalue weighted by Gasteiger charge is 2.50. The fourth-order valence-corrected chi connectivity index (χ4v) is 6.63. The molecule has 0 unspecified atom stereocenters. The molecule has 0 bridgehead atoms. The Labute approximate surface area is 182 Å². The molecule has 166 valence electrons. The van der Waals surface area contributed by atoms with Crippen molar-refractivity contribution in [2.75, 3.05) is 0 Å². The lowest BCUT2D eigenvalue weighted by Crippen LogP contribution is -2.35. The molecule has 30 heavy (non-hydrogen) atoms. The SMILES string of the molecule is C=C1/C(=C\C=C2\CCC[C@]3(C)[C@@H]([C@H](C)/C=C\[C@@H](O)C4CC4)CC[C@@H]23)C[C@@H](O)C[C@@H]1O. The average molecular weight is 413 g/mol. The Morgan fingerprint density at radius 1 is 1.10 bits per heavy atom. The van der Waals surface area contributed by atoms with Crippen LogP contribution in [-0.2, 0) is 0 Å². The molecule has 0 aromatic rings. The normalized spacial score (nSPS) is 42.1. The number of hydrogen-bond acceptors (Lipinski definition) is 3. The van der Waals surface area contributed by atoms with Crippen LogP contribution in [0, 0.1) is 29.1 Å². The predicted octanol–water partition coefficient (Wildman–Crippen LogP) is 5.09. The Bertz CT molecular complexity index is 743. The fourth-order valence-electron chi connectivity index (χ4n) is 6.63. The molecule has 0 radical (unpaired) electrons. The summed E-state index contributed by atoms with van der Waals surface area (Å²) in [6, 6.07) is 0. The Morgan fingerprint density at radius 3 is 2.60 bits per heavy atom. The van der Waals surface area contributed by atoms with Gasteiger partial charge in [0.25, 0.3) is 0 Å². The number of rotatable bonds is 5. The minimum Gasteiger partial charge on any atom is -0.393 e. The highest BCUT2D eigenvalue weighted by molar-refractivity contribution is 5.38. The quantitative estimate of drug-likeness (QED) is 0.551. The van der Waals surface area contributed by atoms with Crippen LogP contribution in [0.15, 0.2) is 47.6 Å². The largest absolute Gasteiger partial charge is 0.393 e. The summed E-state index contributed by atoms with van der Waals surface area (Å²) < 4.78 is 0. The van der Waals surface area contributed by atoms with Crippen LogP contribution >= 0.6 is 0 Å². The van der Waals surface area contributed by atoms with E-state index >= 15 is 0 Å². The van der Waals surface area contributed by atoms with Gasteiger partial charge in [0.2, 0.25) is 0 Å². The van der Waals surface area contributed by atoms with Crippen LogP contribution in [0.25, 0.3) is 0 Å². The summed E-state index contributed by atoms with van der Waals surface area (Å²) in [5.74, 6) is 2.28. The molecule has 0 amide bonds. The predicted molar refractivity (Wildman–Crippen MR) is 122 cm³/mol. The maximum Gasteiger partial charge on any atom is 0.0811 e. The molecule has 0 aromatic carbocycles. The van der Waals surface area contributed by atoms with Crippen LogP contribution < -0.4 is 0 Å². The highest BCUT2D eigenvalue weighted by Crippen LogP contribution is 2.59. The Kier molecular flexibility index (Phi) is 6.44. The third-order valence-corrected chi connectivity index (χ3v) is 8.65. The molecule has 0 heterocycles. The Hall–Kier alpha value is -1.16. The zero-order chi connectivity index (χ0) is 21.5. The fraction of sp³-hybridized carbons (Fsp3) is 0.704. The lowest BCUT2D eigenvalue weighted by atomic mass is 9.61. The van der Waals surface area contributed by atoms with E-state index in [1.165, 1.54) is 44.1 Å². The molecule has 4 fully saturated rings. The molecule has 3 heteroatoms. The maximum atomic E-state index is 10.2. The van der Waals surface area contributed by atoms with Crippen molar-refractivity contribution >= 4 is 0 Å². The summed E-state index contributed by atoms with van der Waals surface area (Å²) >= 11 is 0. The number of hydrogen-bond donors (Lipinski definition) is 3. The van der Waals surface area contributed by atoms with Crippen LogP contribution in [0.1, 0.15) is 71.6 Å². The lowest BCUT2D eigenvalue weighted by Gasteiger charge is -2.44. The minimum absolute atomic E-state index is 0.250. The van der Waals surface area contributed by atoms with E-state index in [1.807, 2.05) is 0 Å². The van der Waals surface area contributed by atoms with E-state index in [9.17, 15) is 15.3 Å². The Morgan fingerprint density at radius 2 is 1.87 bits per heavy atom. The molecule has 0 aliphatic heterocycles. The summed E-state index contributed by atoms with van der Waals surface area (Å²) in [6.45, 7) is 8.88. The van der Waals surface area contributed by atoms with E-state index in [0.29, 0.717) is 41.9 Å². The highest BCUT2D eigenvalue weighted by atomic mass is 16.3. The second kappa shape index (κ2) is 8.76. The van der Waals surface area contributed by atoms with E-state index in [-0.39, 0.29) is 6.10 Å². The van der Waals surface area contributed by atoms with E-state index in [1.54, 1.807) is 0 Å². The van der Waals surface area contributed by atoms with Crippen LogP contribution in [0.3, 0.4) is 0 Å². The van der Waals surface area contributed by atoms with Crippen LogP contribution in [0.2, 0.25) is 0 Å². The van der Waals surface area contributed by atoms with Gasteiger partial charge in [-0.05, 0) is 91.6 Å². The second-order valence-corrected chi connectivity index (χ2v) is 10.7. The molecule has 0 aromatic heterocycles. The monoisotopic (exact) mass is 412 g/mol. The van der Waals surface area contributed by atoms with Gasteiger partial charge in [0, 0.05) is 6.42 Å². The van der Waals surface area contributed by atoms with Gasteiger partial charge >= 0.3 is 0 Å². The van der Waals surface area contributed by atoms with E-state index < -0.39 is 12.2 Å². The maximum absolute atomic E-state index is 10.2. The van der Waals surface area contributed by atoms with Crippen molar-refractivity contribution in [1.29, 1.82) is 0 Å². The topological polar surface area (TPSA) is 60.7 Å². The molecular weight excluding hydrogens is 372 g/mol. The van der Waals surface area contributed by atoms with Gasteiger partial charge in [0.05, 0.1) is 18.3 Å². The van der Waals surface area contributed by atoms with Crippen molar-refractivity contribution in [2.45, 2.75) is 89.9 Å². The molecule has 4 aliphatic rings.